The standard InChI is InChI=1S/C22H23N3O2S/c1-17-5-4-6-19(13-17)24-9-11-25(12-10-24)22(26)20-7-2-3-8-21(20)27-14-18-15-28-16-23-18/h2-8,13,15-16H,9-12,14H2,1H3. The second-order valence-electron chi connectivity index (χ2n) is 6.88. The molecule has 0 saturated carbocycles. The van der Waals surface area contributed by atoms with Gasteiger partial charge in [-0.1, -0.05) is 24.3 Å². The number of anilines is 1. The highest BCUT2D eigenvalue weighted by Crippen LogP contribution is 2.23. The van der Waals surface area contributed by atoms with Gasteiger partial charge in [-0.25, -0.2) is 4.98 Å². The summed E-state index contributed by atoms with van der Waals surface area (Å²) in [5.74, 6) is 0.638. The first kappa shape index (κ1) is 18.5. The number of amides is 1. The van der Waals surface area contributed by atoms with Gasteiger partial charge in [-0.2, -0.15) is 0 Å². The van der Waals surface area contributed by atoms with Gasteiger partial charge in [0.1, 0.15) is 12.4 Å². The summed E-state index contributed by atoms with van der Waals surface area (Å²) in [5.41, 5.74) is 5.74. The molecule has 2 aromatic carbocycles. The average Bonchev–Trinajstić information content (AvgIpc) is 3.26. The lowest BCUT2D eigenvalue weighted by atomic mass is 10.1. The zero-order valence-electron chi connectivity index (χ0n) is 15.9. The van der Waals surface area contributed by atoms with Gasteiger partial charge in [-0.15, -0.1) is 11.3 Å². The van der Waals surface area contributed by atoms with E-state index in [1.165, 1.54) is 22.6 Å². The maximum Gasteiger partial charge on any atom is 0.257 e. The molecule has 0 N–H and O–H groups in total. The summed E-state index contributed by atoms with van der Waals surface area (Å²) in [5, 5.41) is 1.95. The number of piperazine rings is 1. The molecule has 0 radical (unpaired) electrons. The lowest BCUT2D eigenvalue weighted by molar-refractivity contribution is 0.0742. The van der Waals surface area contributed by atoms with E-state index in [9.17, 15) is 4.79 Å². The highest BCUT2D eigenvalue weighted by Gasteiger charge is 2.24. The van der Waals surface area contributed by atoms with Crippen LogP contribution in [0.4, 0.5) is 5.69 Å². The Hall–Kier alpha value is -2.86. The smallest absolute Gasteiger partial charge is 0.257 e. The number of benzene rings is 2. The van der Waals surface area contributed by atoms with Gasteiger partial charge in [0.25, 0.3) is 5.91 Å². The summed E-state index contributed by atoms with van der Waals surface area (Å²) in [6.07, 6.45) is 0. The minimum Gasteiger partial charge on any atom is -0.486 e. The molecule has 0 spiro atoms. The molecule has 5 nitrogen and oxygen atoms in total. The fourth-order valence-electron chi connectivity index (χ4n) is 3.39. The lowest BCUT2D eigenvalue weighted by Gasteiger charge is -2.36. The van der Waals surface area contributed by atoms with Crippen molar-refractivity contribution >= 4 is 22.9 Å². The summed E-state index contributed by atoms with van der Waals surface area (Å²) in [6.45, 7) is 5.54. The van der Waals surface area contributed by atoms with E-state index in [1.54, 1.807) is 5.51 Å². The highest BCUT2D eigenvalue weighted by atomic mass is 32.1. The molecule has 6 heteroatoms. The van der Waals surface area contributed by atoms with Crippen LogP contribution in [0.5, 0.6) is 5.75 Å². The Labute approximate surface area is 169 Å². The van der Waals surface area contributed by atoms with Gasteiger partial charge in [0.05, 0.1) is 16.8 Å². The molecular weight excluding hydrogens is 370 g/mol. The number of carbonyl (C=O) groups is 1. The number of para-hydroxylation sites is 1. The fraction of sp³-hybridized carbons (Fsp3) is 0.273. The SMILES string of the molecule is Cc1cccc(N2CCN(C(=O)c3ccccc3OCc3cscn3)CC2)c1. The summed E-state index contributed by atoms with van der Waals surface area (Å²) in [4.78, 5) is 21.6. The van der Waals surface area contributed by atoms with E-state index in [-0.39, 0.29) is 5.91 Å². The van der Waals surface area contributed by atoms with Crippen molar-refractivity contribution in [3.63, 3.8) is 0 Å². The minimum absolute atomic E-state index is 0.0257. The molecule has 1 saturated heterocycles. The van der Waals surface area contributed by atoms with Gasteiger partial charge in [-0.3, -0.25) is 4.79 Å². The molecule has 2 heterocycles. The van der Waals surface area contributed by atoms with E-state index in [0.717, 1.165) is 18.8 Å². The monoisotopic (exact) mass is 393 g/mol. The van der Waals surface area contributed by atoms with Crippen LogP contribution in [-0.4, -0.2) is 42.0 Å². The molecule has 1 fully saturated rings. The summed E-state index contributed by atoms with van der Waals surface area (Å²) < 4.78 is 5.88. The van der Waals surface area contributed by atoms with Crippen LogP contribution in [0.3, 0.4) is 0 Å². The number of ether oxygens (including phenoxy) is 1. The van der Waals surface area contributed by atoms with Crippen LogP contribution in [0.15, 0.2) is 59.4 Å². The van der Waals surface area contributed by atoms with Crippen molar-refractivity contribution in [2.24, 2.45) is 0 Å². The molecule has 0 bridgehead atoms. The third kappa shape index (κ3) is 4.17. The van der Waals surface area contributed by atoms with Crippen LogP contribution in [0.25, 0.3) is 0 Å². The van der Waals surface area contributed by atoms with Gasteiger partial charge in [-0.05, 0) is 36.8 Å². The fourth-order valence-corrected chi connectivity index (χ4v) is 3.94. The van der Waals surface area contributed by atoms with Crippen molar-refractivity contribution in [2.75, 3.05) is 31.1 Å². The topological polar surface area (TPSA) is 45.7 Å². The Morgan fingerprint density at radius 3 is 2.68 bits per heavy atom. The maximum absolute atomic E-state index is 13.1. The van der Waals surface area contributed by atoms with Crippen LogP contribution in [0.1, 0.15) is 21.6 Å². The van der Waals surface area contributed by atoms with E-state index in [1.807, 2.05) is 34.5 Å². The van der Waals surface area contributed by atoms with Crippen molar-refractivity contribution in [2.45, 2.75) is 13.5 Å². The van der Waals surface area contributed by atoms with E-state index in [0.29, 0.717) is 31.0 Å². The molecule has 144 valence electrons. The van der Waals surface area contributed by atoms with Crippen LogP contribution in [-0.2, 0) is 6.61 Å². The first-order valence-corrected chi connectivity index (χ1v) is 10.3. The van der Waals surface area contributed by atoms with Crippen LogP contribution in [0.2, 0.25) is 0 Å². The second-order valence-corrected chi connectivity index (χ2v) is 7.60. The number of rotatable bonds is 5. The van der Waals surface area contributed by atoms with Crippen molar-refractivity contribution in [1.82, 2.24) is 9.88 Å². The number of nitrogens with zero attached hydrogens (tertiary/aromatic N) is 3. The number of hydrogen-bond donors (Lipinski definition) is 0. The van der Waals surface area contributed by atoms with Crippen LogP contribution < -0.4 is 9.64 Å². The average molecular weight is 394 g/mol. The van der Waals surface area contributed by atoms with E-state index < -0.39 is 0 Å². The van der Waals surface area contributed by atoms with Gasteiger partial charge >= 0.3 is 0 Å². The van der Waals surface area contributed by atoms with Gasteiger partial charge in [0, 0.05) is 37.2 Å². The molecule has 4 rings (SSSR count). The normalized spacial score (nSPS) is 14.2. The van der Waals surface area contributed by atoms with Crippen molar-refractivity contribution < 1.29 is 9.53 Å². The molecular formula is C22H23N3O2S. The maximum atomic E-state index is 13.1. The predicted octanol–water partition coefficient (Wildman–Crippen LogP) is 3.99. The zero-order chi connectivity index (χ0) is 19.3. The first-order chi connectivity index (χ1) is 13.7. The Balaban J connectivity index is 1.41. The summed E-state index contributed by atoms with van der Waals surface area (Å²) in [7, 11) is 0. The van der Waals surface area contributed by atoms with Gasteiger partial charge in [0.15, 0.2) is 0 Å². The number of hydrogen-bond acceptors (Lipinski definition) is 5. The molecule has 28 heavy (non-hydrogen) atoms. The molecule has 3 aromatic rings. The van der Waals surface area contributed by atoms with Crippen molar-refractivity contribution in [3.8, 4) is 5.75 Å². The largest absolute Gasteiger partial charge is 0.486 e. The van der Waals surface area contributed by atoms with Gasteiger partial charge in [0.2, 0.25) is 0 Å². The number of thiazole rings is 1. The molecule has 0 aliphatic carbocycles. The van der Waals surface area contributed by atoms with E-state index in [2.05, 4.69) is 41.1 Å². The Morgan fingerprint density at radius 1 is 1.11 bits per heavy atom. The van der Waals surface area contributed by atoms with Gasteiger partial charge < -0.3 is 14.5 Å². The Bertz CT molecular complexity index is 934. The lowest BCUT2D eigenvalue weighted by Crippen LogP contribution is -2.48. The highest BCUT2D eigenvalue weighted by molar-refractivity contribution is 7.07. The Morgan fingerprint density at radius 2 is 1.93 bits per heavy atom. The third-order valence-corrected chi connectivity index (χ3v) is 5.55. The minimum atomic E-state index is 0.0257. The second kappa shape index (κ2) is 8.44. The molecule has 0 atom stereocenters. The first-order valence-electron chi connectivity index (χ1n) is 9.40. The third-order valence-electron chi connectivity index (χ3n) is 4.91. The van der Waals surface area contributed by atoms with Crippen molar-refractivity contribution in [1.29, 1.82) is 0 Å². The van der Waals surface area contributed by atoms with Crippen LogP contribution >= 0.6 is 11.3 Å². The molecule has 1 amide bonds. The zero-order valence-corrected chi connectivity index (χ0v) is 16.7. The number of aryl methyl sites for hydroxylation is 1. The quantitative estimate of drug-likeness (QED) is 0.657. The van der Waals surface area contributed by atoms with Crippen LogP contribution in [0, 0.1) is 6.92 Å². The van der Waals surface area contributed by atoms with Crippen molar-refractivity contribution in [3.05, 3.63) is 76.2 Å². The predicted molar refractivity (Wildman–Crippen MR) is 112 cm³/mol. The van der Waals surface area contributed by atoms with E-state index in [4.69, 9.17) is 4.74 Å². The number of carbonyl (C=O) groups excluding carboxylic acids is 1. The molecule has 1 aliphatic heterocycles. The summed E-state index contributed by atoms with van der Waals surface area (Å²) >= 11 is 1.54. The number of aromatic nitrogens is 1. The Kier molecular flexibility index (Phi) is 5.58. The molecule has 1 aromatic heterocycles. The summed E-state index contributed by atoms with van der Waals surface area (Å²) in [6, 6.07) is 16.0. The molecule has 0 unspecified atom stereocenters. The van der Waals surface area contributed by atoms with E-state index >= 15 is 0 Å². The molecule has 1 aliphatic rings.